The largest absolute Gasteiger partial charge is 0.478 e. The van der Waals surface area contributed by atoms with Crippen molar-refractivity contribution in [1.82, 2.24) is 15.0 Å². The molecule has 0 radical (unpaired) electrons. The monoisotopic (exact) mass is 285 g/mol. The lowest BCUT2D eigenvalue weighted by atomic mass is 10.1. The summed E-state index contributed by atoms with van der Waals surface area (Å²) in [6.45, 7) is 3.36. The summed E-state index contributed by atoms with van der Waals surface area (Å²) in [5.74, 6) is -0.494. The summed E-state index contributed by atoms with van der Waals surface area (Å²) in [5.41, 5.74) is 2.83. The number of carbonyl (C=O) groups is 1. The zero-order chi connectivity index (χ0) is 14.3. The lowest BCUT2D eigenvalue weighted by molar-refractivity contribution is 0.0694. The minimum absolute atomic E-state index is 0.166. The van der Waals surface area contributed by atoms with E-state index in [9.17, 15) is 4.79 Å². The van der Waals surface area contributed by atoms with Crippen molar-refractivity contribution < 1.29 is 9.90 Å². The maximum atomic E-state index is 11.1. The molecule has 0 fully saturated rings. The van der Waals surface area contributed by atoms with Crippen LogP contribution in [0.2, 0.25) is 0 Å². The zero-order valence-corrected chi connectivity index (χ0v) is 11.7. The molecule has 0 aliphatic carbocycles. The summed E-state index contributed by atoms with van der Waals surface area (Å²) in [4.78, 5) is 24.1. The Bertz CT molecular complexity index is 803. The number of rotatable bonds is 2. The number of nitrogens with zero attached hydrogens (tertiary/aromatic N) is 3. The molecule has 3 aromatic rings. The maximum absolute atomic E-state index is 11.1. The first-order valence-electron chi connectivity index (χ1n) is 5.98. The second kappa shape index (κ2) is 4.64. The molecule has 3 rings (SSSR count). The topological polar surface area (TPSA) is 76.0 Å². The molecule has 0 aliphatic heterocycles. The molecule has 0 aliphatic rings. The van der Waals surface area contributed by atoms with Crippen molar-refractivity contribution in [2.45, 2.75) is 13.8 Å². The van der Waals surface area contributed by atoms with Gasteiger partial charge in [-0.3, -0.25) is 4.98 Å². The number of carboxylic acid groups (broad SMARTS) is 1. The van der Waals surface area contributed by atoms with E-state index >= 15 is 0 Å². The Morgan fingerprint density at radius 2 is 1.95 bits per heavy atom. The highest BCUT2D eigenvalue weighted by Gasteiger charge is 2.16. The first-order valence-corrected chi connectivity index (χ1v) is 6.86. The SMILES string of the molecule is Cc1nc(-c2cnc3ccsc3c2)nc(C)c1C(=O)O. The molecule has 3 heterocycles. The summed E-state index contributed by atoms with van der Waals surface area (Å²) in [7, 11) is 0. The molecular formula is C14H11N3O2S. The first-order chi connectivity index (χ1) is 9.56. The number of carboxylic acids is 1. The van der Waals surface area contributed by atoms with Crippen molar-refractivity contribution in [1.29, 1.82) is 0 Å². The van der Waals surface area contributed by atoms with Gasteiger partial charge in [-0.05, 0) is 31.4 Å². The van der Waals surface area contributed by atoms with E-state index in [0.717, 1.165) is 15.8 Å². The molecule has 0 spiro atoms. The molecule has 1 N–H and O–H groups in total. The summed E-state index contributed by atoms with van der Waals surface area (Å²) >= 11 is 1.60. The zero-order valence-electron chi connectivity index (χ0n) is 10.9. The van der Waals surface area contributed by atoms with Crippen molar-refractivity contribution in [2.75, 3.05) is 0 Å². The van der Waals surface area contributed by atoms with Crippen LogP contribution in [0.4, 0.5) is 0 Å². The van der Waals surface area contributed by atoms with Crippen LogP contribution in [0.15, 0.2) is 23.7 Å². The predicted octanol–water partition coefficient (Wildman–Crippen LogP) is 3.07. The number of thiophene rings is 1. The lowest BCUT2D eigenvalue weighted by Crippen LogP contribution is -2.08. The van der Waals surface area contributed by atoms with Gasteiger partial charge in [-0.2, -0.15) is 0 Å². The molecule has 5 nitrogen and oxygen atoms in total. The quantitative estimate of drug-likeness (QED) is 0.783. The molecular weight excluding hydrogens is 274 g/mol. The van der Waals surface area contributed by atoms with E-state index in [4.69, 9.17) is 5.11 Å². The van der Waals surface area contributed by atoms with Crippen LogP contribution in [-0.2, 0) is 0 Å². The molecule has 0 amide bonds. The van der Waals surface area contributed by atoms with Gasteiger partial charge < -0.3 is 5.11 Å². The Hall–Kier alpha value is -2.34. The van der Waals surface area contributed by atoms with Crippen molar-refractivity contribution in [3.05, 3.63) is 40.7 Å². The Morgan fingerprint density at radius 1 is 1.25 bits per heavy atom. The third-order valence-corrected chi connectivity index (χ3v) is 3.90. The highest BCUT2D eigenvalue weighted by molar-refractivity contribution is 7.17. The number of fused-ring (bicyclic) bond motifs is 1. The number of hydrogen-bond donors (Lipinski definition) is 1. The molecule has 0 unspecified atom stereocenters. The second-order valence-electron chi connectivity index (χ2n) is 4.43. The van der Waals surface area contributed by atoms with Gasteiger partial charge >= 0.3 is 5.97 Å². The van der Waals surface area contributed by atoms with E-state index < -0.39 is 5.97 Å². The minimum Gasteiger partial charge on any atom is -0.478 e. The van der Waals surface area contributed by atoms with Crippen LogP contribution in [-0.4, -0.2) is 26.0 Å². The van der Waals surface area contributed by atoms with Crippen molar-refractivity contribution in [2.24, 2.45) is 0 Å². The van der Waals surface area contributed by atoms with E-state index in [1.54, 1.807) is 31.4 Å². The van der Waals surface area contributed by atoms with Crippen LogP contribution in [0, 0.1) is 13.8 Å². The van der Waals surface area contributed by atoms with Crippen LogP contribution in [0.25, 0.3) is 21.6 Å². The van der Waals surface area contributed by atoms with Gasteiger partial charge in [0.15, 0.2) is 5.82 Å². The average Bonchev–Trinajstić information content (AvgIpc) is 2.84. The number of pyridine rings is 1. The average molecular weight is 285 g/mol. The third-order valence-electron chi connectivity index (χ3n) is 3.05. The highest BCUT2D eigenvalue weighted by atomic mass is 32.1. The fourth-order valence-corrected chi connectivity index (χ4v) is 2.90. The van der Waals surface area contributed by atoms with Gasteiger partial charge in [0.2, 0.25) is 0 Å². The van der Waals surface area contributed by atoms with Crippen LogP contribution in [0.3, 0.4) is 0 Å². The first kappa shape index (κ1) is 12.7. The molecule has 0 aromatic carbocycles. The van der Waals surface area contributed by atoms with E-state index in [1.165, 1.54) is 0 Å². The van der Waals surface area contributed by atoms with Crippen LogP contribution >= 0.6 is 11.3 Å². The van der Waals surface area contributed by atoms with Crippen LogP contribution in [0.5, 0.6) is 0 Å². The van der Waals surface area contributed by atoms with Crippen molar-refractivity contribution in [3.63, 3.8) is 0 Å². The summed E-state index contributed by atoms with van der Waals surface area (Å²) in [6.07, 6.45) is 1.71. The molecule has 100 valence electrons. The predicted molar refractivity (Wildman–Crippen MR) is 77.1 cm³/mol. The Balaban J connectivity index is 2.16. The smallest absolute Gasteiger partial charge is 0.339 e. The van der Waals surface area contributed by atoms with Gasteiger partial charge in [0.1, 0.15) is 5.56 Å². The highest BCUT2D eigenvalue weighted by Crippen LogP contribution is 2.25. The number of aromatic carboxylic acids is 1. The number of hydrogen-bond acceptors (Lipinski definition) is 5. The van der Waals surface area contributed by atoms with Gasteiger partial charge in [0.25, 0.3) is 0 Å². The Labute approximate surface area is 119 Å². The Morgan fingerprint density at radius 3 is 2.60 bits per heavy atom. The van der Waals surface area contributed by atoms with Crippen molar-refractivity contribution >= 4 is 27.5 Å². The fourth-order valence-electron chi connectivity index (χ4n) is 2.12. The van der Waals surface area contributed by atoms with Gasteiger partial charge in [0, 0.05) is 11.8 Å². The molecule has 0 bridgehead atoms. The lowest BCUT2D eigenvalue weighted by Gasteiger charge is -2.07. The van der Waals surface area contributed by atoms with Crippen molar-refractivity contribution in [3.8, 4) is 11.4 Å². The summed E-state index contributed by atoms with van der Waals surface area (Å²) < 4.78 is 1.06. The standard InChI is InChI=1S/C14H11N3O2S/c1-7-12(14(18)19)8(2)17-13(16-7)9-5-11-10(15-6-9)3-4-20-11/h3-6H,1-2H3,(H,18,19). The van der Waals surface area contributed by atoms with E-state index in [0.29, 0.717) is 17.2 Å². The molecule has 20 heavy (non-hydrogen) atoms. The van der Waals surface area contributed by atoms with Crippen LogP contribution < -0.4 is 0 Å². The number of aryl methyl sites for hydroxylation is 2. The Kier molecular flexibility index (Phi) is 2.94. The van der Waals surface area contributed by atoms with Gasteiger partial charge in [-0.1, -0.05) is 0 Å². The molecule has 0 saturated carbocycles. The van der Waals surface area contributed by atoms with Gasteiger partial charge in [-0.25, -0.2) is 14.8 Å². The summed E-state index contributed by atoms with van der Waals surface area (Å²) in [6, 6.07) is 3.93. The normalized spacial score (nSPS) is 10.9. The molecule has 6 heteroatoms. The van der Waals surface area contributed by atoms with Gasteiger partial charge in [0.05, 0.1) is 21.6 Å². The molecule has 0 saturated heterocycles. The fraction of sp³-hybridized carbons (Fsp3) is 0.143. The third kappa shape index (κ3) is 2.04. The van der Waals surface area contributed by atoms with E-state index in [1.807, 2.05) is 17.5 Å². The maximum Gasteiger partial charge on any atom is 0.339 e. The van der Waals surface area contributed by atoms with E-state index in [-0.39, 0.29) is 5.56 Å². The summed E-state index contributed by atoms with van der Waals surface area (Å²) in [5, 5.41) is 11.1. The van der Waals surface area contributed by atoms with Gasteiger partial charge in [-0.15, -0.1) is 11.3 Å². The number of aromatic nitrogens is 3. The van der Waals surface area contributed by atoms with Crippen LogP contribution in [0.1, 0.15) is 21.7 Å². The second-order valence-corrected chi connectivity index (χ2v) is 5.37. The molecule has 3 aromatic heterocycles. The van der Waals surface area contributed by atoms with E-state index in [2.05, 4.69) is 15.0 Å². The minimum atomic E-state index is -1.00. The molecule has 0 atom stereocenters.